The second kappa shape index (κ2) is 3.74. The molecule has 2 nitrogen and oxygen atoms in total. The summed E-state index contributed by atoms with van der Waals surface area (Å²) < 4.78 is 30.6. The molecule has 1 unspecified atom stereocenters. The molecule has 0 aliphatic carbocycles. The third-order valence-corrected chi connectivity index (χ3v) is 1.96. The van der Waals surface area contributed by atoms with E-state index in [1.165, 1.54) is 12.1 Å². The molecule has 76 valence electrons. The van der Waals surface area contributed by atoms with E-state index in [2.05, 4.69) is 4.74 Å². The topological polar surface area (TPSA) is 26.3 Å². The Hall–Kier alpha value is -1.45. The highest BCUT2D eigenvalue weighted by molar-refractivity contribution is 5.80. The molecular weight excluding hydrogens is 190 g/mol. The van der Waals surface area contributed by atoms with Gasteiger partial charge >= 0.3 is 5.97 Å². The molecule has 0 saturated carbocycles. The molecule has 0 bridgehead atoms. The van der Waals surface area contributed by atoms with Crippen molar-refractivity contribution in [2.45, 2.75) is 12.6 Å². The molecule has 0 N–H and O–H groups in total. The van der Waals surface area contributed by atoms with Gasteiger partial charge in [0.1, 0.15) is 5.82 Å². The lowest BCUT2D eigenvalue weighted by atomic mass is 9.98. The Balaban J connectivity index is 3.03. The maximum atomic E-state index is 13.8. The minimum absolute atomic E-state index is 0.0748. The van der Waals surface area contributed by atoms with Crippen LogP contribution in [0.4, 0.5) is 8.78 Å². The second-order valence-corrected chi connectivity index (χ2v) is 3.00. The zero-order valence-electron chi connectivity index (χ0n) is 7.88. The first-order valence-electron chi connectivity index (χ1n) is 4.02. The van der Waals surface area contributed by atoms with Gasteiger partial charge in [0, 0.05) is 5.56 Å². The average molecular weight is 200 g/mol. The molecule has 0 radical (unpaired) electrons. The molecule has 0 aliphatic heterocycles. The standard InChI is InChI=1S/C10H10F2O2/c1-10(12,9(13)14-2)7-3-5-8(11)6-4-7/h3-6H,1-2H3. The highest BCUT2D eigenvalue weighted by atomic mass is 19.1. The van der Waals surface area contributed by atoms with Gasteiger partial charge in [-0.25, -0.2) is 13.6 Å². The number of alkyl halides is 1. The average Bonchev–Trinajstić information content (AvgIpc) is 2.17. The quantitative estimate of drug-likeness (QED) is 0.684. The van der Waals surface area contributed by atoms with E-state index in [4.69, 9.17) is 0 Å². The smallest absolute Gasteiger partial charge is 0.348 e. The van der Waals surface area contributed by atoms with E-state index >= 15 is 0 Å². The van der Waals surface area contributed by atoms with Gasteiger partial charge in [0.25, 0.3) is 0 Å². The Kier molecular flexibility index (Phi) is 2.84. The number of carbonyl (C=O) groups excluding carboxylic acids is 1. The number of esters is 1. The summed E-state index contributed by atoms with van der Waals surface area (Å²) in [6, 6.07) is 4.62. The van der Waals surface area contributed by atoms with Crippen molar-refractivity contribution in [2.75, 3.05) is 7.11 Å². The van der Waals surface area contributed by atoms with Gasteiger partial charge in [0.2, 0.25) is 5.67 Å². The van der Waals surface area contributed by atoms with Crippen LogP contribution < -0.4 is 0 Å². The molecule has 0 heterocycles. The number of hydrogen-bond acceptors (Lipinski definition) is 2. The van der Waals surface area contributed by atoms with E-state index in [1.54, 1.807) is 0 Å². The second-order valence-electron chi connectivity index (χ2n) is 3.00. The Morgan fingerprint density at radius 2 is 1.86 bits per heavy atom. The minimum atomic E-state index is -2.23. The number of carbonyl (C=O) groups is 1. The Morgan fingerprint density at radius 1 is 1.36 bits per heavy atom. The molecule has 0 spiro atoms. The van der Waals surface area contributed by atoms with Gasteiger partial charge in [-0.2, -0.15) is 0 Å². The number of benzene rings is 1. The number of hydrogen-bond donors (Lipinski definition) is 0. The van der Waals surface area contributed by atoms with Crippen molar-refractivity contribution in [1.29, 1.82) is 0 Å². The fourth-order valence-corrected chi connectivity index (χ4v) is 1.07. The van der Waals surface area contributed by atoms with Crippen molar-refractivity contribution < 1.29 is 18.3 Å². The molecule has 0 fully saturated rings. The molecular formula is C10H10F2O2. The number of methoxy groups -OCH3 is 1. The zero-order valence-corrected chi connectivity index (χ0v) is 7.88. The highest BCUT2D eigenvalue weighted by Crippen LogP contribution is 2.26. The van der Waals surface area contributed by atoms with Gasteiger partial charge in [-0.3, -0.25) is 0 Å². The van der Waals surface area contributed by atoms with E-state index in [9.17, 15) is 13.6 Å². The van der Waals surface area contributed by atoms with Crippen LogP contribution in [0.1, 0.15) is 12.5 Å². The SMILES string of the molecule is COC(=O)C(C)(F)c1ccc(F)cc1. The fraction of sp³-hybridized carbons (Fsp3) is 0.300. The van der Waals surface area contributed by atoms with Crippen LogP contribution in [0, 0.1) is 5.82 Å². The van der Waals surface area contributed by atoms with E-state index in [-0.39, 0.29) is 5.56 Å². The van der Waals surface area contributed by atoms with Crippen molar-refractivity contribution in [3.05, 3.63) is 35.6 Å². The number of ether oxygens (including phenoxy) is 1. The summed E-state index contributed by atoms with van der Waals surface area (Å²) in [5, 5.41) is 0. The maximum absolute atomic E-state index is 13.8. The van der Waals surface area contributed by atoms with E-state index < -0.39 is 17.5 Å². The molecule has 1 aromatic carbocycles. The van der Waals surface area contributed by atoms with Gasteiger partial charge in [0.15, 0.2) is 0 Å². The molecule has 0 aromatic heterocycles. The number of rotatable bonds is 2. The highest BCUT2D eigenvalue weighted by Gasteiger charge is 2.36. The predicted molar refractivity (Wildman–Crippen MR) is 46.9 cm³/mol. The van der Waals surface area contributed by atoms with Crippen LogP contribution in [-0.4, -0.2) is 13.1 Å². The van der Waals surface area contributed by atoms with Crippen LogP contribution in [0.25, 0.3) is 0 Å². The zero-order chi connectivity index (χ0) is 10.8. The summed E-state index contributed by atoms with van der Waals surface area (Å²) in [4.78, 5) is 11.0. The summed E-state index contributed by atoms with van der Waals surface area (Å²) in [5.74, 6) is -1.47. The molecule has 1 rings (SSSR count). The first-order chi connectivity index (χ1) is 6.48. The molecule has 14 heavy (non-hydrogen) atoms. The van der Waals surface area contributed by atoms with Gasteiger partial charge < -0.3 is 4.74 Å². The van der Waals surface area contributed by atoms with Crippen LogP contribution in [0.2, 0.25) is 0 Å². The van der Waals surface area contributed by atoms with Crippen LogP contribution in [0.3, 0.4) is 0 Å². The molecule has 0 amide bonds. The van der Waals surface area contributed by atoms with Crippen molar-refractivity contribution in [3.63, 3.8) is 0 Å². The summed E-state index contributed by atoms with van der Waals surface area (Å²) in [6.45, 7) is 1.08. The Bertz CT molecular complexity index is 330. The van der Waals surface area contributed by atoms with Crippen molar-refractivity contribution in [2.24, 2.45) is 0 Å². The van der Waals surface area contributed by atoms with Crippen LogP contribution in [0.5, 0.6) is 0 Å². The minimum Gasteiger partial charge on any atom is -0.466 e. The van der Waals surface area contributed by atoms with Gasteiger partial charge in [-0.05, 0) is 19.1 Å². The van der Waals surface area contributed by atoms with E-state index in [1.807, 2.05) is 0 Å². The summed E-state index contributed by atoms with van der Waals surface area (Å²) in [5.41, 5.74) is -2.16. The van der Waals surface area contributed by atoms with Crippen molar-refractivity contribution in [1.82, 2.24) is 0 Å². The first kappa shape index (κ1) is 10.6. The van der Waals surface area contributed by atoms with Crippen LogP contribution >= 0.6 is 0 Å². The van der Waals surface area contributed by atoms with Crippen LogP contribution in [0.15, 0.2) is 24.3 Å². The van der Waals surface area contributed by atoms with Crippen LogP contribution in [-0.2, 0) is 15.2 Å². The van der Waals surface area contributed by atoms with Gasteiger partial charge in [0.05, 0.1) is 7.11 Å². The summed E-state index contributed by atoms with van der Waals surface area (Å²) >= 11 is 0. The Morgan fingerprint density at radius 3 is 2.29 bits per heavy atom. The lowest BCUT2D eigenvalue weighted by molar-refractivity contribution is -0.154. The van der Waals surface area contributed by atoms with Gasteiger partial charge in [-0.1, -0.05) is 12.1 Å². The third kappa shape index (κ3) is 1.89. The summed E-state index contributed by atoms with van der Waals surface area (Å²) in [7, 11) is 1.10. The molecule has 1 atom stereocenters. The maximum Gasteiger partial charge on any atom is 0.348 e. The molecule has 1 aromatic rings. The van der Waals surface area contributed by atoms with Crippen molar-refractivity contribution >= 4 is 5.97 Å². The lowest BCUT2D eigenvalue weighted by Gasteiger charge is -2.17. The van der Waals surface area contributed by atoms with Gasteiger partial charge in [-0.15, -0.1) is 0 Å². The first-order valence-corrected chi connectivity index (χ1v) is 4.02. The molecule has 0 saturated heterocycles. The van der Waals surface area contributed by atoms with Crippen molar-refractivity contribution in [3.8, 4) is 0 Å². The van der Waals surface area contributed by atoms with E-state index in [0.717, 1.165) is 26.2 Å². The summed E-state index contributed by atoms with van der Waals surface area (Å²) in [6.07, 6.45) is 0. The predicted octanol–water partition coefficient (Wildman–Crippen LogP) is 2.18. The monoisotopic (exact) mass is 200 g/mol. The third-order valence-electron chi connectivity index (χ3n) is 1.96. The lowest BCUT2D eigenvalue weighted by Crippen LogP contribution is -2.28. The largest absolute Gasteiger partial charge is 0.466 e. The van der Waals surface area contributed by atoms with E-state index in [0.29, 0.717) is 0 Å². The normalized spacial score (nSPS) is 14.6. The Labute approximate surface area is 80.5 Å². The number of halogens is 2. The molecule has 4 heteroatoms. The molecule has 0 aliphatic rings. The fourth-order valence-electron chi connectivity index (χ4n) is 1.07.